The van der Waals surface area contributed by atoms with E-state index in [1.54, 1.807) is 45.5 Å². The first-order chi connectivity index (χ1) is 17.4. The summed E-state index contributed by atoms with van der Waals surface area (Å²) in [6.45, 7) is 6.37. The number of hydrogen-bond acceptors (Lipinski definition) is 7. The number of anilines is 1. The number of pyridine rings is 1. The Bertz CT molecular complexity index is 1230. The maximum absolute atomic E-state index is 13.0. The number of benzene rings is 1. The molecule has 1 aliphatic heterocycles. The molecule has 0 atom stereocenters. The minimum Gasteiger partial charge on any atom is -0.493 e. The maximum atomic E-state index is 13.0. The van der Waals surface area contributed by atoms with Crippen LogP contribution < -0.4 is 19.7 Å². The number of nitrogens with one attached hydrogen (secondary N) is 1. The number of hydrogen-bond donors (Lipinski definition) is 1. The Morgan fingerprint density at radius 3 is 2.42 bits per heavy atom. The molecule has 0 radical (unpaired) electrons. The van der Waals surface area contributed by atoms with Crippen molar-refractivity contribution in [1.82, 2.24) is 15.2 Å². The first-order valence-electron chi connectivity index (χ1n) is 12.0. The van der Waals surface area contributed by atoms with Gasteiger partial charge in [-0.3, -0.25) is 9.59 Å². The molecule has 1 N–H and O–H groups in total. The van der Waals surface area contributed by atoms with E-state index >= 15 is 0 Å². The van der Waals surface area contributed by atoms with Gasteiger partial charge in [-0.25, -0.2) is 4.98 Å². The third-order valence-electron chi connectivity index (χ3n) is 6.32. The van der Waals surface area contributed by atoms with Crippen LogP contribution in [0.2, 0.25) is 0 Å². The Balaban J connectivity index is 1.36. The van der Waals surface area contributed by atoms with E-state index in [9.17, 15) is 9.59 Å². The number of methoxy groups -OCH3 is 2. The lowest BCUT2D eigenvalue weighted by Gasteiger charge is -2.36. The molecular weight excluding hydrogens is 460 g/mol. The summed E-state index contributed by atoms with van der Waals surface area (Å²) in [6, 6.07) is 11.0. The molecule has 0 bridgehead atoms. The normalized spacial score (nSPS) is 13.4. The Labute approximate surface area is 211 Å². The topological polar surface area (TPSA) is 97.1 Å². The van der Waals surface area contributed by atoms with Crippen LogP contribution in [-0.2, 0) is 6.42 Å². The molecule has 1 aromatic carbocycles. The van der Waals surface area contributed by atoms with Gasteiger partial charge in [0.25, 0.3) is 11.8 Å². The maximum Gasteiger partial charge on any atom is 0.257 e. The quantitative estimate of drug-likeness (QED) is 0.516. The van der Waals surface area contributed by atoms with Crippen LogP contribution in [0.5, 0.6) is 11.5 Å². The van der Waals surface area contributed by atoms with E-state index in [0.29, 0.717) is 73.3 Å². The number of piperazine rings is 1. The number of nitrogens with zero attached hydrogens (tertiary/aromatic N) is 3. The molecule has 0 unspecified atom stereocenters. The van der Waals surface area contributed by atoms with Crippen LogP contribution in [-0.4, -0.2) is 68.6 Å². The first-order valence-corrected chi connectivity index (χ1v) is 12.0. The predicted molar refractivity (Wildman–Crippen MR) is 136 cm³/mol. The minimum atomic E-state index is -0.179. The monoisotopic (exact) mass is 492 g/mol. The fraction of sp³-hybridized carbons (Fsp3) is 0.370. The molecule has 2 amide bonds. The number of carbonyl (C=O) groups excluding carboxylic acids is 2. The molecule has 4 rings (SSSR count). The van der Waals surface area contributed by atoms with Crippen LogP contribution in [0, 0.1) is 13.8 Å². The SMILES string of the molecule is COc1ccc(CCNC(=O)c2cccnc2N2CCN(C(=O)c3cc(C)oc3C)CC2)cc1OC. The van der Waals surface area contributed by atoms with E-state index in [0.717, 1.165) is 11.3 Å². The molecule has 0 spiro atoms. The second-order valence-corrected chi connectivity index (χ2v) is 8.68. The molecule has 1 aliphatic rings. The highest BCUT2D eigenvalue weighted by molar-refractivity contribution is 5.99. The summed E-state index contributed by atoms with van der Waals surface area (Å²) in [5.41, 5.74) is 2.16. The van der Waals surface area contributed by atoms with Gasteiger partial charge in [0.1, 0.15) is 17.3 Å². The van der Waals surface area contributed by atoms with Crippen LogP contribution in [0.25, 0.3) is 0 Å². The van der Waals surface area contributed by atoms with Crippen LogP contribution in [0.3, 0.4) is 0 Å². The second kappa shape index (κ2) is 11.2. The average molecular weight is 493 g/mol. The summed E-state index contributed by atoms with van der Waals surface area (Å²) < 4.78 is 16.2. The summed E-state index contributed by atoms with van der Waals surface area (Å²) in [5.74, 6) is 3.11. The van der Waals surface area contributed by atoms with Gasteiger partial charge in [0.15, 0.2) is 11.5 Å². The van der Waals surface area contributed by atoms with Crippen molar-refractivity contribution in [2.75, 3.05) is 51.8 Å². The molecule has 190 valence electrons. The summed E-state index contributed by atoms with van der Waals surface area (Å²) in [4.78, 5) is 34.3. The second-order valence-electron chi connectivity index (χ2n) is 8.68. The lowest BCUT2D eigenvalue weighted by Crippen LogP contribution is -2.49. The summed E-state index contributed by atoms with van der Waals surface area (Å²) >= 11 is 0. The van der Waals surface area contributed by atoms with Crippen LogP contribution >= 0.6 is 0 Å². The summed E-state index contributed by atoms with van der Waals surface area (Å²) in [5, 5.41) is 3.00. The van der Waals surface area contributed by atoms with Gasteiger partial charge in [-0.2, -0.15) is 0 Å². The standard InChI is InChI=1S/C27H32N4O5/c1-18-16-22(19(2)36-18)27(33)31-14-12-30(13-15-31)25-21(6-5-10-28-25)26(32)29-11-9-20-7-8-23(34-3)24(17-20)35-4/h5-8,10,16-17H,9,11-15H2,1-4H3,(H,29,32). The van der Waals surface area contributed by atoms with E-state index in [-0.39, 0.29) is 11.8 Å². The highest BCUT2D eigenvalue weighted by Gasteiger charge is 2.27. The molecule has 36 heavy (non-hydrogen) atoms. The van der Waals surface area contributed by atoms with Gasteiger partial charge in [-0.15, -0.1) is 0 Å². The largest absolute Gasteiger partial charge is 0.493 e. The van der Waals surface area contributed by atoms with Crippen molar-refractivity contribution < 1.29 is 23.5 Å². The minimum absolute atomic E-state index is 0.0295. The number of rotatable bonds is 8. The Hall–Kier alpha value is -4.01. The lowest BCUT2D eigenvalue weighted by atomic mass is 10.1. The zero-order valence-electron chi connectivity index (χ0n) is 21.2. The van der Waals surface area contributed by atoms with Gasteiger partial charge < -0.3 is 29.0 Å². The fourth-order valence-corrected chi connectivity index (χ4v) is 4.41. The molecular formula is C27H32N4O5. The van der Waals surface area contributed by atoms with Crippen molar-refractivity contribution in [2.45, 2.75) is 20.3 Å². The number of ether oxygens (including phenoxy) is 2. The van der Waals surface area contributed by atoms with Gasteiger partial charge in [0.2, 0.25) is 0 Å². The van der Waals surface area contributed by atoms with Crippen molar-refractivity contribution >= 4 is 17.6 Å². The van der Waals surface area contributed by atoms with E-state index in [1.165, 1.54) is 0 Å². The predicted octanol–water partition coefficient (Wildman–Crippen LogP) is 3.24. The van der Waals surface area contributed by atoms with Gasteiger partial charge >= 0.3 is 0 Å². The number of aromatic nitrogens is 1. The Kier molecular flexibility index (Phi) is 7.77. The molecule has 0 saturated carbocycles. The average Bonchev–Trinajstić information content (AvgIpc) is 3.25. The van der Waals surface area contributed by atoms with Gasteiger partial charge in [-0.1, -0.05) is 6.07 Å². The van der Waals surface area contributed by atoms with Crippen molar-refractivity contribution in [3.8, 4) is 11.5 Å². The van der Waals surface area contributed by atoms with Crippen LogP contribution in [0.1, 0.15) is 37.8 Å². The first kappa shape index (κ1) is 25.1. The zero-order chi connectivity index (χ0) is 25.7. The number of aryl methyl sites for hydroxylation is 2. The smallest absolute Gasteiger partial charge is 0.257 e. The molecule has 1 saturated heterocycles. The highest BCUT2D eigenvalue weighted by atomic mass is 16.5. The van der Waals surface area contributed by atoms with E-state index in [4.69, 9.17) is 13.9 Å². The molecule has 3 heterocycles. The molecule has 9 nitrogen and oxygen atoms in total. The third-order valence-corrected chi connectivity index (χ3v) is 6.32. The number of carbonyl (C=O) groups is 2. The molecule has 1 fully saturated rings. The Morgan fingerprint density at radius 1 is 1.00 bits per heavy atom. The van der Waals surface area contributed by atoms with Crippen LogP contribution in [0.15, 0.2) is 47.0 Å². The van der Waals surface area contributed by atoms with E-state index in [1.807, 2.05) is 30.0 Å². The van der Waals surface area contributed by atoms with Gasteiger partial charge in [-0.05, 0) is 56.2 Å². The zero-order valence-corrected chi connectivity index (χ0v) is 21.2. The lowest BCUT2D eigenvalue weighted by molar-refractivity contribution is 0.0744. The molecule has 3 aromatic rings. The van der Waals surface area contributed by atoms with Crippen LogP contribution in [0.4, 0.5) is 5.82 Å². The highest BCUT2D eigenvalue weighted by Crippen LogP contribution is 2.27. The fourth-order valence-electron chi connectivity index (χ4n) is 4.41. The van der Waals surface area contributed by atoms with Crippen molar-refractivity contribution in [1.29, 1.82) is 0 Å². The van der Waals surface area contributed by atoms with E-state index in [2.05, 4.69) is 15.2 Å². The third kappa shape index (κ3) is 5.45. The van der Waals surface area contributed by atoms with Crippen molar-refractivity contribution in [3.63, 3.8) is 0 Å². The van der Waals surface area contributed by atoms with Gasteiger partial charge in [0, 0.05) is 38.9 Å². The number of amides is 2. The van der Waals surface area contributed by atoms with Gasteiger partial charge in [0.05, 0.1) is 25.3 Å². The number of furan rings is 1. The van der Waals surface area contributed by atoms with Crippen molar-refractivity contribution in [3.05, 3.63) is 70.8 Å². The van der Waals surface area contributed by atoms with E-state index < -0.39 is 0 Å². The molecule has 2 aromatic heterocycles. The summed E-state index contributed by atoms with van der Waals surface area (Å²) in [6.07, 6.45) is 2.33. The Morgan fingerprint density at radius 2 is 1.75 bits per heavy atom. The molecule has 9 heteroatoms. The molecule has 0 aliphatic carbocycles. The van der Waals surface area contributed by atoms with Crippen molar-refractivity contribution in [2.24, 2.45) is 0 Å². The summed E-state index contributed by atoms with van der Waals surface area (Å²) in [7, 11) is 3.20.